The second kappa shape index (κ2) is 6.58. The van der Waals surface area contributed by atoms with Crippen molar-refractivity contribution in [1.82, 2.24) is 4.90 Å². The lowest BCUT2D eigenvalue weighted by Crippen LogP contribution is -2.46. The van der Waals surface area contributed by atoms with Gasteiger partial charge in [-0.05, 0) is 44.6 Å². The SMILES string of the molecule is CCC(O)(CC)CN1CCCC(CCO)C1. The topological polar surface area (TPSA) is 43.7 Å². The summed E-state index contributed by atoms with van der Waals surface area (Å²) in [5.74, 6) is 0.622. The number of aliphatic hydroxyl groups is 2. The Bertz CT molecular complexity index is 190. The first-order valence-corrected chi connectivity index (χ1v) is 6.69. The van der Waals surface area contributed by atoms with Gasteiger partial charge in [0.25, 0.3) is 0 Å². The zero-order valence-corrected chi connectivity index (χ0v) is 10.8. The van der Waals surface area contributed by atoms with Crippen molar-refractivity contribution in [2.75, 3.05) is 26.2 Å². The van der Waals surface area contributed by atoms with E-state index in [4.69, 9.17) is 5.11 Å². The van der Waals surface area contributed by atoms with Crippen molar-refractivity contribution in [2.45, 2.75) is 51.6 Å². The summed E-state index contributed by atoms with van der Waals surface area (Å²) in [6.07, 6.45) is 4.99. The zero-order chi connectivity index (χ0) is 12.0. The van der Waals surface area contributed by atoms with E-state index in [1.807, 2.05) is 0 Å². The smallest absolute Gasteiger partial charge is 0.0768 e. The molecule has 1 heterocycles. The molecule has 16 heavy (non-hydrogen) atoms. The summed E-state index contributed by atoms with van der Waals surface area (Å²) in [5, 5.41) is 19.3. The van der Waals surface area contributed by atoms with Gasteiger partial charge < -0.3 is 15.1 Å². The van der Waals surface area contributed by atoms with E-state index in [1.165, 1.54) is 12.8 Å². The number of β-amino-alcohol motifs (C(OH)–C–C–N with tert-alkyl or cyclic N) is 1. The van der Waals surface area contributed by atoms with Crippen LogP contribution in [0.3, 0.4) is 0 Å². The van der Waals surface area contributed by atoms with Crippen molar-refractivity contribution in [2.24, 2.45) is 5.92 Å². The number of hydrogen-bond acceptors (Lipinski definition) is 3. The van der Waals surface area contributed by atoms with Crippen LogP contribution < -0.4 is 0 Å². The summed E-state index contributed by atoms with van der Waals surface area (Å²) >= 11 is 0. The van der Waals surface area contributed by atoms with Crippen molar-refractivity contribution in [3.8, 4) is 0 Å². The van der Waals surface area contributed by atoms with Crippen molar-refractivity contribution in [3.05, 3.63) is 0 Å². The molecule has 1 rings (SSSR count). The molecule has 0 amide bonds. The van der Waals surface area contributed by atoms with E-state index in [-0.39, 0.29) is 0 Å². The summed E-state index contributed by atoms with van der Waals surface area (Å²) in [7, 11) is 0. The standard InChI is InChI=1S/C13H27NO2/c1-3-13(16,4-2)11-14-8-5-6-12(10-14)7-9-15/h12,15-16H,3-11H2,1-2H3. The largest absolute Gasteiger partial charge is 0.396 e. The van der Waals surface area contributed by atoms with Crippen LogP contribution in [0.15, 0.2) is 0 Å². The Morgan fingerprint density at radius 1 is 1.31 bits per heavy atom. The number of likely N-dealkylation sites (tertiary alicyclic amines) is 1. The summed E-state index contributed by atoms with van der Waals surface area (Å²) in [6.45, 7) is 7.34. The molecule has 96 valence electrons. The number of rotatable bonds is 6. The van der Waals surface area contributed by atoms with E-state index in [0.717, 1.165) is 38.9 Å². The zero-order valence-electron chi connectivity index (χ0n) is 10.8. The van der Waals surface area contributed by atoms with Gasteiger partial charge >= 0.3 is 0 Å². The fraction of sp³-hybridized carbons (Fsp3) is 1.00. The molecule has 0 aliphatic carbocycles. The minimum absolute atomic E-state index is 0.296. The van der Waals surface area contributed by atoms with Gasteiger partial charge in [-0.3, -0.25) is 0 Å². The highest BCUT2D eigenvalue weighted by molar-refractivity contribution is 4.82. The Hall–Kier alpha value is -0.120. The quantitative estimate of drug-likeness (QED) is 0.727. The normalized spacial score (nSPS) is 23.6. The Morgan fingerprint density at radius 2 is 2.00 bits per heavy atom. The van der Waals surface area contributed by atoms with Gasteiger partial charge in [0.2, 0.25) is 0 Å². The van der Waals surface area contributed by atoms with Gasteiger partial charge in [0.1, 0.15) is 0 Å². The third kappa shape index (κ3) is 4.04. The predicted molar refractivity (Wildman–Crippen MR) is 66.4 cm³/mol. The lowest BCUT2D eigenvalue weighted by molar-refractivity contribution is -0.0149. The van der Waals surface area contributed by atoms with Crippen molar-refractivity contribution in [3.63, 3.8) is 0 Å². The third-order valence-electron chi connectivity index (χ3n) is 3.97. The van der Waals surface area contributed by atoms with E-state index >= 15 is 0 Å². The monoisotopic (exact) mass is 229 g/mol. The summed E-state index contributed by atoms with van der Waals surface area (Å²) in [6, 6.07) is 0. The maximum absolute atomic E-state index is 10.3. The Morgan fingerprint density at radius 3 is 2.56 bits per heavy atom. The molecule has 0 spiro atoms. The minimum atomic E-state index is -0.513. The summed E-state index contributed by atoms with van der Waals surface area (Å²) < 4.78 is 0. The highest BCUT2D eigenvalue weighted by Gasteiger charge is 2.28. The second-order valence-corrected chi connectivity index (χ2v) is 5.19. The molecule has 1 atom stereocenters. The van der Waals surface area contributed by atoms with Crippen LogP contribution in [0.1, 0.15) is 46.0 Å². The molecule has 2 N–H and O–H groups in total. The van der Waals surface area contributed by atoms with Gasteiger partial charge in [-0.1, -0.05) is 13.8 Å². The van der Waals surface area contributed by atoms with Gasteiger partial charge in [-0.15, -0.1) is 0 Å². The maximum Gasteiger partial charge on any atom is 0.0768 e. The van der Waals surface area contributed by atoms with Crippen LogP contribution in [0.2, 0.25) is 0 Å². The molecule has 0 saturated carbocycles. The van der Waals surface area contributed by atoms with Crippen LogP contribution in [0.25, 0.3) is 0 Å². The lowest BCUT2D eigenvalue weighted by atomic mass is 9.91. The first-order chi connectivity index (χ1) is 7.63. The highest BCUT2D eigenvalue weighted by atomic mass is 16.3. The van der Waals surface area contributed by atoms with E-state index in [2.05, 4.69) is 18.7 Å². The number of nitrogens with zero attached hydrogens (tertiary/aromatic N) is 1. The lowest BCUT2D eigenvalue weighted by Gasteiger charge is -2.38. The van der Waals surface area contributed by atoms with Crippen LogP contribution in [0, 0.1) is 5.92 Å². The maximum atomic E-state index is 10.3. The molecule has 0 radical (unpaired) electrons. The third-order valence-corrected chi connectivity index (χ3v) is 3.97. The van der Waals surface area contributed by atoms with Crippen LogP contribution in [-0.4, -0.2) is 47.0 Å². The Kier molecular flexibility index (Phi) is 5.73. The molecule has 1 aliphatic rings. The molecular weight excluding hydrogens is 202 g/mol. The van der Waals surface area contributed by atoms with Crippen LogP contribution >= 0.6 is 0 Å². The molecule has 1 saturated heterocycles. The van der Waals surface area contributed by atoms with Crippen LogP contribution in [0.5, 0.6) is 0 Å². The van der Waals surface area contributed by atoms with Crippen molar-refractivity contribution >= 4 is 0 Å². The van der Waals surface area contributed by atoms with Gasteiger partial charge in [0.15, 0.2) is 0 Å². The fourth-order valence-corrected chi connectivity index (χ4v) is 2.60. The first kappa shape index (κ1) is 13.9. The summed E-state index contributed by atoms with van der Waals surface area (Å²) in [4.78, 5) is 2.37. The molecule has 1 fully saturated rings. The molecule has 3 nitrogen and oxygen atoms in total. The van der Waals surface area contributed by atoms with E-state index < -0.39 is 5.60 Å². The van der Waals surface area contributed by atoms with Gasteiger partial charge in [-0.2, -0.15) is 0 Å². The molecule has 0 aromatic carbocycles. The van der Waals surface area contributed by atoms with Gasteiger partial charge in [-0.25, -0.2) is 0 Å². The molecule has 0 bridgehead atoms. The highest BCUT2D eigenvalue weighted by Crippen LogP contribution is 2.23. The second-order valence-electron chi connectivity index (χ2n) is 5.19. The van der Waals surface area contributed by atoms with E-state index in [9.17, 15) is 5.11 Å². The molecule has 1 aliphatic heterocycles. The van der Waals surface area contributed by atoms with Crippen LogP contribution in [-0.2, 0) is 0 Å². The van der Waals surface area contributed by atoms with Crippen LogP contribution in [0.4, 0.5) is 0 Å². The van der Waals surface area contributed by atoms with Crippen molar-refractivity contribution < 1.29 is 10.2 Å². The number of aliphatic hydroxyl groups excluding tert-OH is 1. The fourth-order valence-electron chi connectivity index (χ4n) is 2.60. The number of piperidine rings is 1. The van der Waals surface area contributed by atoms with Gasteiger partial charge in [0.05, 0.1) is 5.60 Å². The first-order valence-electron chi connectivity index (χ1n) is 6.69. The molecule has 3 heteroatoms. The van der Waals surface area contributed by atoms with Gasteiger partial charge in [0, 0.05) is 19.7 Å². The van der Waals surface area contributed by atoms with Crippen molar-refractivity contribution in [1.29, 1.82) is 0 Å². The molecule has 1 unspecified atom stereocenters. The molecular formula is C13H27NO2. The average Bonchev–Trinajstić information content (AvgIpc) is 2.30. The number of hydrogen-bond donors (Lipinski definition) is 2. The predicted octanol–water partition coefficient (Wildman–Crippen LogP) is 1.63. The average molecular weight is 229 g/mol. The van der Waals surface area contributed by atoms with E-state index in [0.29, 0.717) is 12.5 Å². The Labute approximate surface area is 99.5 Å². The molecule has 0 aromatic heterocycles. The Balaban J connectivity index is 2.41. The molecule has 0 aromatic rings. The summed E-state index contributed by atoms with van der Waals surface area (Å²) in [5.41, 5.74) is -0.513. The minimum Gasteiger partial charge on any atom is -0.396 e. The van der Waals surface area contributed by atoms with E-state index in [1.54, 1.807) is 0 Å².